The summed E-state index contributed by atoms with van der Waals surface area (Å²) < 4.78 is 41.9. The SMILES string of the molecule is C[C@H](NC(=O)CCS(=O)(=O)c1cc2c(cc1Cl)NC(=O)CO2)c1ccc2c(c1)OCCO2. The summed E-state index contributed by atoms with van der Waals surface area (Å²) in [5.41, 5.74) is 1.11. The molecule has 2 aliphatic rings. The lowest BCUT2D eigenvalue weighted by molar-refractivity contribution is -0.121. The van der Waals surface area contributed by atoms with Gasteiger partial charge in [-0.15, -0.1) is 0 Å². The molecule has 4 rings (SSSR count). The van der Waals surface area contributed by atoms with Gasteiger partial charge in [0.15, 0.2) is 27.9 Å². The zero-order chi connectivity index (χ0) is 22.9. The molecule has 0 saturated carbocycles. The Kier molecular flexibility index (Phi) is 6.16. The molecule has 11 heteroatoms. The van der Waals surface area contributed by atoms with Crippen LogP contribution in [0.15, 0.2) is 35.2 Å². The number of fused-ring (bicyclic) bond motifs is 2. The van der Waals surface area contributed by atoms with E-state index in [0.717, 1.165) is 5.56 Å². The Labute approximate surface area is 189 Å². The van der Waals surface area contributed by atoms with Crippen LogP contribution in [0.4, 0.5) is 5.69 Å². The minimum absolute atomic E-state index is 0.0559. The summed E-state index contributed by atoms with van der Waals surface area (Å²) in [7, 11) is -3.87. The summed E-state index contributed by atoms with van der Waals surface area (Å²) in [6.07, 6.45) is -0.248. The maximum atomic E-state index is 12.8. The largest absolute Gasteiger partial charge is 0.486 e. The van der Waals surface area contributed by atoms with Crippen LogP contribution < -0.4 is 24.8 Å². The van der Waals surface area contributed by atoms with Crippen molar-refractivity contribution in [2.24, 2.45) is 0 Å². The van der Waals surface area contributed by atoms with Crippen molar-refractivity contribution in [1.29, 1.82) is 0 Å². The molecule has 32 heavy (non-hydrogen) atoms. The summed E-state index contributed by atoms with van der Waals surface area (Å²) in [5.74, 6) is 0.260. The normalized spacial score (nSPS) is 15.8. The molecule has 0 bridgehead atoms. The van der Waals surface area contributed by atoms with Gasteiger partial charge >= 0.3 is 0 Å². The molecule has 2 aromatic carbocycles. The van der Waals surface area contributed by atoms with Gasteiger partial charge in [0.2, 0.25) is 5.91 Å². The summed E-state index contributed by atoms with van der Waals surface area (Å²) in [4.78, 5) is 23.7. The summed E-state index contributed by atoms with van der Waals surface area (Å²) in [5, 5.41) is 5.30. The highest BCUT2D eigenvalue weighted by Crippen LogP contribution is 2.36. The predicted molar refractivity (Wildman–Crippen MR) is 116 cm³/mol. The van der Waals surface area contributed by atoms with Crippen molar-refractivity contribution in [3.05, 3.63) is 40.9 Å². The average Bonchev–Trinajstić information content (AvgIpc) is 2.76. The van der Waals surface area contributed by atoms with E-state index in [0.29, 0.717) is 30.4 Å². The van der Waals surface area contributed by atoms with Crippen LogP contribution in [-0.2, 0) is 19.4 Å². The lowest BCUT2D eigenvalue weighted by Gasteiger charge is -2.21. The van der Waals surface area contributed by atoms with Crippen molar-refractivity contribution in [1.82, 2.24) is 5.32 Å². The van der Waals surface area contributed by atoms with Crippen molar-refractivity contribution in [3.8, 4) is 17.2 Å². The predicted octanol–water partition coefficient (Wildman–Crippen LogP) is 2.48. The van der Waals surface area contributed by atoms with Gasteiger partial charge in [-0.2, -0.15) is 0 Å². The van der Waals surface area contributed by atoms with Gasteiger partial charge in [-0.1, -0.05) is 17.7 Å². The van der Waals surface area contributed by atoms with Crippen molar-refractivity contribution in [2.75, 3.05) is 30.9 Å². The number of ether oxygens (including phenoxy) is 3. The molecule has 0 unspecified atom stereocenters. The van der Waals surface area contributed by atoms with E-state index in [9.17, 15) is 18.0 Å². The first kappa shape index (κ1) is 22.2. The molecule has 0 spiro atoms. The third-order valence-corrected chi connectivity index (χ3v) is 7.22. The lowest BCUT2D eigenvalue weighted by Crippen LogP contribution is -2.28. The number of hydrogen-bond acceptors (Lipinski definition) is 7. The monoisotopic (exact) mass is 480 g/mol. The molecule has 1 atom stereocenters. The Hall–Kier alpha value is -2.98. The molecule has 0 radical (unpaired) electrons. The molecular weight excluding hydrogens is 460 g/mol. The summed E-state index contributed by atoms with van der Waals surface area (Å²) >= 11 is 6.12. The number of nitrogens with one attached hydrogen (secondary N) is 2. The summed E-state index contributed by atoms with van der Waals surface area (Å²) in [6, 6.07) is 7.63. The highest BCUT2D eigenvalue weighted by atomic mass is 35.5. The van der Waals surface area contributed by atoms with Crippen LogP contribution in [0.2, 0.25) is 5.02 Å². The standard InChI is InChI=1S/C21H21ClN2O7S/c1-12(13-2-3-16-18(8-13)30-6-5-29-16)23-20(25)4-7-32(27,28)19-10-17-15(9-14(19)22)24-21(26)11-31-17/h2-3,8-10,12H,4-7,11H2,1H3,(H,23,25)(H,24,26)/t12-/m0/s1. The molecule has 0 saturated heterocycles. The fraction of sp³-hybridized carbons (Fsp3) is 0.333. The van der Waals surface area contributed by atoms with E-state index in [-0.39, 0.29) is 40.6 Å². The van der Waals surface area contributed by atoms with Gasteiger partial charge in [0.25, 0.3) is 5.91 Å². The number of carbonyl (C=O) groups is 2. The second kappa shape index (κ2) is 8.87. The molecule has 2 aromatic rings. The van der Waals surface area contributed by atoms with Gasteiger partial charge in [0.1, 0.15) is 19.0 Å². The van der Waals surface area contributed by atoms with Crippen LogP contribution in [0.1, 0.15) is 24.9 Å². The highest BCUT2D eigenvalue weighted by molar-refractivity contribution is 7.91. The number of halogens is 1. The Bertz CT molecular complexity index is 1180. The fourth-order valence-electron chi connectivity index (χ4n) is 3.38. The number of anilines is 1. The molecule has 9 nitrogen and oxygen atoms in total. The third-order valence-electron chi connectivity index (χ3n) is 5.04. The fourth-order valence-corrected chi connectivity index (χ4v) is 5.22. The molecule has 2 N–H and O–H groups in total. The zero-order valence-electron chi connectivity index (χ0n) is 17.1. The quantitative estimate of drug-likeness (QED) is 0.651. The van der Waals surface area contributed by atoms with Gasteiger partial charge in [-0.05, 0) is 30.7 Å². The number of amides is 2. The minimum atomic E-state index is -3.87. The third kappa shape index (κ3) is 4.76. The number of benzene rings is 2. The van der Waals surface area contributed by atoms with Gasteiger partial charge in [-0.25, -0.2) is 8.42 Å². The Morgan fingerprint density at radius 2 is 1.88 bits per heavy atom. The first-order valence-corrected chi connectivity index (χ1v) is 11.9. The van der Waals surface area contributed by atoms with E-state index in [1.165, 1.54) is 12.1 Å². The Balaban J connectivity index is 1.39. The molecule has 0 aromatic heterocycles. The number of sulfone groups is 1. The van der Waals surface area contributed by atoms with Crippen molar-refractivity contribution in [2.45, 2.75) is 24.3 Å². The Morgan fingerprint density at radius 1 is 1.12 bits per heavy atom. The molecule has 170 valence electrons. The smallest absolute Gasteiger partial charge is 0.262 e. The van der Waals surface area contributed by atoms with E-state index in [4.69, 9.17) is 25.8 Å². The molecule has 2 amide bonds. The second-order valence-corrected chi connectivity index (χ2v) is 9.86. The van der Waals surface area contributed by atoms with Gasteiger partial charge < -0.3 is 24.8 Å². The van der Waals surface area contributed by atoms with Crippen LogP contribution >= 0.6 is 11.6 Å². The van der Waals surface area contributed by atoms with Crippen molar-refractivity contribution < 1.29 is 32.2 Å². The first-order chi connectivity index (χ1) is 15.2. The molecule has 2 aliphatic heterocycles. The molecule has 0 aliphatic carbocycles. The highest BCUT2D eigenvalue weighted by Gasteiger charge is 2.25. The maximum Gasteiger partial charge on any atom is 0.262 e. The van der Waals surface area contributed by atoms with Crippen LogP contribution in [0.3, 0.4) is 0 Å². The second-order valence-electron chi connectivity index (χ2n) is 7.38. The Morgan fingerprint density at radius 3 is 2.66 bits per heavy atom. The van der Waals surface area contributed by atoms with E-state index in [1.54, 1.807) is 19.1 Å². The van der Waals surface area contributed by atoms with Crippen LogP contribution in [0.25, 0.3) is 0 Å². The summed E-state index contributed by atoms with van der Waals surface area (Å²) in [6.45, 7) is 2.53. The number of hydrogen-bond donors (Lipinski definition) is 2. The van der Waals surface area contributed by atoms with Crippen LogP contribution in [0.5, 0.6) is 17.2 Å². The number of rotatable bonds is 6. The minimum Gasteiger partial charge on any atom is -0.486 e. The van der Waals surface area contributed by atoms with Crippen LogP contribution in [0, 0.1) is 0 Å². The van der Waals surface area contributed by atoms with Gasteiger partial charge in [-0.3, -0.25) is 9.59 Å². The molecular formula is C21H21ClN2O7S. The maximum absolute atomic E-state index is 12.8. The lowest BCUT2D eigenvalue weighted by atomic mass is 10.1. The zero-order valence-corrected chi connectivity index (χ0v) is 18.7. The van der Waals surface area contributed by atoms with E-state index in [1.807, 2.05) is 6.07 Å². The first-order valence-electron chi connectivity index (χ1n) is 9.91. The topological polar surface area (TPSA) is 120 Å². The molecule has 2 heterocycles. The van der Waals surface area contributed by atoms with Gasteiger partial charge in [0.05, 0.1) is 27.4 Å². The van der Waals surface area contributed by atoms with E-state index >= 15 is 0 Å². The van der Waals surface area contributed by atoms with Gasteiger partial charge in [0, 0.05) is 12.5 Å². The number of carbonyl (C=O) groups excluding carboxylic acids is 2. The van der Waals surface area contributed by atoms with Crippen molar-refractivity contribution >= 4 is 38.9 Å². The van der Waals surface area contributed by atoms with Crippen molar-refractivity contribution in [3.63, 3.8) is 0 Å². The van der Waals surface area contributed by atoms with E-state index in [2.05, 4.69) is 10.6 Å². The average molecular weight is 481 g/mol. The van der Waals surface area contributed by atoms with E-state index < -0.39 is 21.5 Å². The van der Waals surface area contributed by atoms with Crippen LogP contribution in [-0.4, -0.2) is 45.8 Å². The molecule has 0 fully saturated rings.